The van der Waals surface area contributed by atoms with Gasteiger partial charge >= 0.3 is 5.97 Å². The van der Waals surface area contributed by atoms with E-state index in [2.05, 4.69) is 10.2 Å². The second-order valence-corrected chi connectivity index (χ2v) is 3.81. The summed E-state index contributed by atoms with van der Waals surface area (Å²) in [4.78, 5) is 10.4. The van der Waals surface area contributed by atoms with Gasteiger partial charge < -0.3 is 10.1 Å². The Hall–Kier alpha value is -1.24. The fourth-order valence-corrected chi connectivity index (χ4v) is 1.78. The molecule has 0 bridgehead atoms. The number of aryl methyl sites for hydroxylation is 1. The highest BCUT2D eigenvalue weighted by atomic mass is 32.2. The lowest BCUT2D eigenvalue weighted by Gasteiger charge is -2.16. The third kappa shape index (κ3) is 2.38. The Bertz CT molecular complexity index is 336. The molecule has 0 saturated carbocycles. The molecular weight excluding hydrogens is 204 g/mol. The van der Waals surface area contributed by atoms with Gasteiger partial charge in [0.2, 0.25) is 5.16 Å². The van der Waals surface area contributed by atoms with Crippen molar-refractivity contribution in [2.75, 3.05) is 24.9 Å². The fraction of sp³-hybridized carbons (Fsp3) is 0.571. The molecule has 0 amide bonds. The van der Waals surface area contributed by atoms with E-state index in [1.807, 2.05) is 21.0 Å². The van der Waals surface area contributed by atoms with Gasteiger partial charge in [-0.2, -0.15) is 0 Å². The van der Waals surface area contributed by atoms with Crippen molar-refractivity contribution in [3.8, 4) is 0 Å². The van der Waals surface area contributed by atoms with Crippen LogP contribution in [0.3, 0.4) is 0 Å². The molecule has 1 aromatic rings. The van der Waals surface area contributed by atoms with Gasteiger partial charge in [-0.15, -0.1) is 10.2 Å². The second-order valence-electron chi connectivity index (χ2n) is 2.87. The Morgan fingerprint density at radius 3 is 2.71 bits per heavy atom. The number of aliphatic carboxylic acids is 1. The maximum Gasteiger partial charge on any atom is 0.313 e. The van der Waals surface area contributed by atoms with E-state index in [1.54, 1.807) is 9.69 Å². The summed E-state index contributed by atoms with van der Waals surface area (Å²) in [5.74, 6) is -0.129. The molecule has 0 spiro atoms. The van der Waals surface area contributed by atoms with Crippen LogP contribution in [0.15, 0.2) is 5.16 Å². The van der Waals surface area contributed by atoms with Gasteiger partial charge in [-0.3, -0.25) is 4.79 Å². The number of hydrogen-bond acceptors (Lipinski definition) is 5. The van der Waals surface area contributed by atoms with Gasteiger partial charge in [0.1, 0.15) is 5.82 Å². The Labute approximate surface area is 85.9 Å². The van der Waals surface area contributed by atoms with Gasteiger partial charge in [0.25, 0.3) is 0 Å². The topological polar surface area (TPSA) is 71.2 Å². The summed E-state index contributed by atoms with van der Waals surface area (Å²) in [7, 11) is 3.70. The highest BCUT2D eigenvalue weighted by molar-refractivity contribution is 7.99. The summed E-state index contributed by atoms with van der Waals surface area (Å²) in [5.41, 5.74) is 0. The molecule has 78 valence electrons. The predicted octanol–water partition coefficient (Wildman–Crippen LogP) is -0.0392. The lowest BCUT2D eigenvalue weighted by Crippen LogP contribution is -2.26. The molecule has 7 heteroatoms. The van der Waals surface area contributed by atoms with Crippen LogP contribution in [0, 0.1) is 6.92 Å². The van der Waals surface area contributed by atoms with Crippen molar-refractivity contribution in [2.24, 2.45) is 0 Å². The summed E-state index contributed by atoms with van der Waals surface area (Å²) in [5, 5.41) is 18.7. The molecule has 14 heavy (non-hydrogen) atoms. The van der Waals surface area contributed by atoms with Crippen molar-refractivity contribution in [3.05, 3.63) is 5.82 Å². The van der Waals surface area contributed by atoms with Crippen LogP contribution in [0.2, 0.25) is 0 Å². The molecule has 0 unspecified atom stereocenters. The fourth-order valence-electron chi connectivity index (χ4n) is 1.02. The van der Waals surface area contributed by atoms with Crippen LogP contribution in [-0.2, 0) is 4.79 Å². The van der Waals surface area contributed by atoms with E-state index in [4.69, 9.17) is 5.11 Å². The van der Waals surface area contributed by atoms with Crippen molar-refractivity contribution in [1.82, 2.24) is 14.9 Å². The van der Waals surface area contributed by atoms with E-state index in [-0.39, 0.29) is 5.75 Å². The Kier molecular flexibility index (Phi) is 3.34. The van der Waals surface area contributed by atoms with Crippen LogP contribution in [0.25, 0.3) is 0 Å². The monoisotopic (exact) mass is 216 g/mol. The zero-order valence-electron chi connectivity index (χ0n) is 8.26. The summed E-state index contributed by atoms with van der Waals surface area (Å²) in [6.07, 6.45) is 0. The number of carboxylic acid groups (broad SMARTS) is 1. The lowest BCUT2D eigenvalue weighted by molar-refractivity contribution is -0.133. The van der Waals surface area contributed by atoms with E-state index >= 15 is 0 Å². The smallest absolute Gasteiger partial charge is 0.313 e. The molecule has 0 aromatic carbocycles. The molecule has 1 aromatic heterocycles. The SMILES string of the molecule is Cc1nnc(SCC(=O)O)n1N(C)C. The lowest BCUT2D eigenvalue weighted by atomic mass is 10.7. The molecule has 1 heterocycles. The largest absolute Gasteiger partial charge is 0.481 e. The number of thioether (sulfide) groups is 1. The first-order chi connectivity index (χ1) is 6.52. The highest BCUT2D eigenvalue weighted by Gasteiger charge is 2.11. The maximum absolute atomic E-state index is 10.4. The highest BCUT2D eigenvalue weighted by Crippen LogP contribution is 2.15. The minimum absolute atomic E-state index is 0.00796. The van der Waals surface area contributed by atoms with E-state index in [0.717, 1.165) is 17.6 Å². The molecule has 0 radical (unpaired) electrons. The zero-order valence-corrected chi connectivity index (χ0v) is 9.08. The van der Waals surface area contributed by atoms with Crippen molar-refractivity contribution in [3.63, 3.8) is 0 Å². The zero-order chi connectivity index (χ0) is 10.7. The number of carbonyl (C=O) groups is 1. The molecule has 0 atom stereocenters. The first-order valence-corrected chi connectivity index (χ1v) is 4.95. The molecular formula is C7H12N4O2S. The molecule has 0 saturated heterocycles. The quantitative estimate of drug-likeness (QED) is 0.712. The third-order valence-electron chi connectivity index (χ3n) is 1.49. The molecule has 0 aliphatic rings. The summed E-state index contributed by atoms with van der Waals surface area (Å²) >= 11 is 1.15. The third-order valence-corrected chi connectivity index (χ3v) is 2.40. The molecule has 0 aliphatic carbocycles. The van der Waals surface area contributed by atoms with Crippen LogP contribution in [0.1, 0.15) is 5.82 Å². The molecule has 1 rings (SSSR count). The predicted molar refractivity (Wildman–Crippen MR) is 53.2 cm³/mol. The van der Waals surface area contributed by atoms with E-state index in [9.17, 15) is 4.79 Å². The van der Waals surface area contributed by atoms with Crippen LogP contribution in [0.4, 0.5) is 0 Å². The van der Waals surface area contributed by atoms with Gasteiger partial charge in [-0.05, 0) is 6.92 Å². The molecule has 0 fully saturated rings. The number of nitrogens with zero attached hydrogens (tertiary/aromatic N) is 4. The summed E-state index contributed by atoms with van der Waals surface area (Å²) in [6.45, 7) is 1.82. The number of aromatic nitrogens is 3. The second kappa shape index (κ2) is 4.32. The van der Waals surface area contributed by atoms with Gasteiger partial charge in [-0.25, -0.2) is 4.68 Å². The number of hydrogen-bond donors (Lipinski definition) is 1. The molecule has 6 nitrogen and oxygen atoms in total. The number of carboxylic acids is 1. The standard InChI is InChI=1S/C7H12N4O2S/c1-5-8-9-7(11(5)10(2)3)14-4-6(12)13/h4H2,1-3H3,(H,12,13). The van der Waals surface area contributed by atoms with Crippen molar-refractivity contribution in [2.45, 2.75) is 12.1 Å². The maximum atomic E-state index is 10.4. The Morgan fingerprint density at radius 1 is 1.57 bits per heavy atom. The average Bonchev–Trinajstić information content (AvgIpc) is 2.43. The summed E-state index contributed by atoms with van der Waals surface area (Å²) < 4.78 is 1.76. The van der Waals surface area contributed by atoms with Gasteiger partial charge in [0, 0.05) is 14.1 Å². The van der Waals surface area contributed by atoms with Crippen LogP contribution in [0.5, 0.6) is 0 Å². The van der Waals surface area contributed by atoms with Gasteiger partial charge in [-0.1, -0.05) is 11.8 Å². The Balaban J connectivity index is 2.81. The van der Waals surface area contributed by atoms with Crippen molar-refractivity contribution < 1.29 is 9.90 Å². The van der Waals surface area contributed by atoms with E-state index in [0.29, 0.717) is 5.16 Å². The minimum atomic E-state index is -0.860. The van der Waals surface area contributed by atoms with Gasteiger partial charge in [0.05, 0.1) is 5.75 Å². The average molecular weight is 216 g/mol. The first kappa shape index (κ1) is 10.8. The van der Waals surface area contributed by atoms with E-state index < -0.39 is 5.97 Å². The normalized spacial score (nSPS) is 10.2. The molecule has 1 N–H and O–H groups in total. The van der Waals surface area contributed by atoms with Gasteiger partial charge in [0.15, 0.2) is 0 Å². The van der Waals surface area contributed by atoms with Crippen LogP contribution < -0.4 is 5.01 Å². The van der Waals surface area contributed by atoms with Crippen molar-refractivity contribution in [1.29, 1.82) is 0 Å². The number of rotatable bonds is 4. The van der Waals surface area contributed by atoms with Crippen molar-refractivity contribution >= 4 is 17.7 Å². The minimum Gasteiger partial charge on any atom is -0.481 e. The van der Waals surface area contributed by atoms with E-state index in [1.165, 1.54) is 0 Å². The van der Waals surface area contributed by atoms with Crippen LogP contribution in [-0.4, -0.2) is 45.8 Å². The summed E-state index contributed by atoms with van der Waals surface area (Å²) in [6, 6.07) is 0. The first-order valence-electron chi connectivity index (χ1n) is 3.96. The van der Waals surface area contributed by atoms with Crippen LogP contribution >= 0.6 is 11.8 Å². The molecule has 0 aliphatic heterocycles. The Morgan fingerprint density at radius 2 is 2.21 bits per heavy atom.